The minimum atomic E-state index is 0.0607. The first-order valence-corrected chi connectivity index (χ1v) is 33.7. The lowest BCUT2D eigenvalue weighted by atomic mass is 9.74. The Morgan fingerprint density at radius 1 is 0.443 bits per heavy atom. The van der Waals surface area contributed by atoms with E-state index in [2.05, 4.69) is 152 Å². The topological polar surface area (TPSA) is 213 Å². The van der Waals surface area contributed by atoms with Crippen molar-refractivity contribution in [2.24, 2.45) is 50.5 Å². The molecule has 4 aliphatic rings. The van der Waals surface area contributed by atoms with E-state index in [0.29, 0.717) is 56.8 Å². The summed E-state index contributed by atoms with van der Waals surface area (Å²) >= 11 is 0. The minimum Gasteiger partial charge on any atom is -0.343 e. The second-order valence-corrected chi connectivity index (χ2v) is 26.7. The molecule has 15 heteroatoms. The molecule has 4 aromatic rings. The lowest BCUT2D eigenvalue weighted by Crippen LogP contribution is -2.50. The summed E-state index contributed by atoms with van der Waals surface area (Å²) in [4.78, 5) is 58.2. The van der Waals surface area contributed by atoms with Crippen LogP contribution in [-0.4, -0.2) is 161 Å². The van der Waals surface area contributed by atoms with Crippen LogP contribution in [0.5, 0.6) is 0 Å². The number of rotatable bonds is 24. The maximum absolute atomic E-state index is 12.2. The zero-order valence-electron chi connectivity index (χ0n) is 55.3. The molecule has 0 atom stereocenters. The van der Waals surface area contributed by atoms with Gasteiger partial charge in [-0.2, -0.15) is 0 Å². The summed E-state index contributed by atoms with van der Waals surface area (Å²) in [7, 11) is 4.02. The Balaban J connectivity index is 0.000000214. The summed E-state index contributed by atoms with van der Waals surface area (Å²) < 4.78 is 0. The highest BCUT2D eigenvalue weighted by Crippen LogP contribution is 2.39. The largest absolute Gasteiger partial charge is 0.343 e. The number of aryl methyl sites for hydroxylation is 4. The fourth-order valence-corrected chi connectivity index (χ4v) is 12.9. The first-order valence-electron chi connectivity index (χ1n) is 33.7. The highest BCUT2D eigenvalue weighted by atomic mass is 16.2. The third-order valence-corrected chi connectivity index (χ3v) is 19.7. The van der Waals surface area contributed by atoms with Gasteiger partial charge in [0.1, 0.15) is 0 Å². The number of benzene rings is 4. The van der Waals surface area contributed by atoms with Crippen molar-refractivity contribution >= 4 is 23.9 Å². The molecule has 0 saturated carbocycles. The maximum atomic E-state index is 12.2. The van der Waals surface area contributed by atoms with Gasteiger partial charge < -0.3 is 58.1 Å². The maximum Gasteiger partial charge on any atom is 0.317 e. The van der Waals surface area contributed by atoms with E-state index in [4.69, 9.17) is 22.9 Å². The summed E-state index contributed by atoms with van der Waals surface area (Å²) in [6.45, 7) is 20.1. The van der Waals surface area contributed by atoms with Crippen LogP contribution in [0.15, 0.2) is 121 Å². The highest BCUT2D eigenvalue weighted by Gasteiger charge is 2.38. The van der Waals surface area contributed by atoms with Crippen LogP contribution in [0, 0.1) is 27.6 Å². The van der Waals surface area contributed by atoms with Gasteiger partial charge in [-0.25, -0.2) is 9.59 Å². The van der Waals surface area contributed by atoms with Gasteiger partial charge in [-0.1, -0.05) is 142 Å². The molecule has 10 N–H and O–H groups in total. The van der Waals surface area contributed by atoms with Crippen molar-refractivity contribution in [3.63, 3.8) is 0 Å². The number of nitrogens with two attached hydrogens (primary N) is 4. The van der Waals surface area contributed by atoms with E-state index in [0.717, 1.165) is 181 Å². The second-order valence-electron chi connectivity index (χ2n) is 26.7. The number of hydrogen-bond donors (Lipinski definition) is 6. The van der Waals surface area contributed by atoms with Crippen LogP contribution in [0.25, 0.3) is 0 Å². The third-order valence-electron chi connectivity index (χ3n) is 19.7. The fourth-order valence-electron chi connectivity index (χ4n) is 12.9. The van der Waals surface area contributed by atoms with Gasteiger partial charge in [0, 0.05) is 84.8 Å². The van der Waals surface area contributed by atoms with Crippen LogP contribution in [0.1, 0.15) is 146 Å². The first-order chi connectivity index (χ1) is 42.5. The molecule has 4 aliphatic heterocycles. The summed E-state index contributed by atoms with van der Waals surface area (Å²) in [6, 6.07) is 42.5. The van der Waals surface area contributed by atoms with E-state index in [1.165, 1.54) is 22.3 Å². The van der Waals surface area contributed by atoms with Crippen molar-refractivity contribution in [2.75, 3.05) is 112 Å². The van der Waals surface area contributed by atoms with Crippen molar-refractivity contribution in [1.82, 2.24) is 35.1 Å². The van der Waals surface area contributed by atoms with Gasteiger partial charge in [-0.15, -0.1) is 0 Å². The summed E-state index contributed by atoms with van der Waals surface area (Å²) in [5.74, 6) is 1.06. The number of nitrogens with zero attached hydrogens (tertiary/aromatic N) is 5. The van der Waals surface area contributed by atoms with Crippen LogP contribution in [0.3, 0.4) is 0 Å². The Morgan fingerprint density at radius 2 is 0.727 bits per heavy atom. The molecule has 4 saturated heterocycles. The number of amides is 6. The predicted octanol–water partition coefficient (Wildman–Crippen LogP) is 10.5. The molecule has 6 amide bonds. The molecule has 0 aromatic heterocycles. The third kappa shape index (κ3) is 24.9. The smallest absolute Gasteiger partial charge is 0.317 e. The van der Waals surface area contributed by atoms with E-state index in [-0.39, 0.29) is 33.7 Å². The van der Waals surface area contributed by atoms with Gasteiger partial charge in [0.25, 0.3) is 0 Å². The molecule has 0 unspecified atom stereocenters. The van der Waals surface area contributed by atoms with Gasteiger partial charge in [0.15, 0.2) is 0 Å². The Kier molecular flexibility index (Phi) is 32.0. The SMILES string of the molecule is CC(C)CC(=O)N1CCC(CN)(CCc2ccccc2)CC1.CCCC(=O)N1CCC(CN)(CCc2ccccc2)CC1.CCNC(=O)N1CCC(CN)(CCc2ccccc2)CC1.CN(C)CCNC(=O)N1CCC(CN)(CCc2ccccc2)CC1. The molecule has 8 rings (SSSR count). The quantitative estimate of drug-likeness (QED) is 0.0393. The molecular weight excluding hydrogens is 1090 g/mol. The monoisotopic (exact) mass is 1210 g/mol. The summed E-state index contributed by atoms with van der Waals surface area (Å²) in [5, 5.41) is 5.88. The van der Waals surface area contributed by atoms with Gasteiger partial charge in [-0.05, 0) is 206 Å². The van der Waals surface area contributed by atoms with Crippen molar-refractivity contribution < 1.29 is 19.2 Å². The first kappa shape index (κ1) is 72.9. The Hall–Kier alpha value is -5.84. The molecule has 0 radical (unpaired) electrons. The molecule has 488 valence electrons. The summed E-state index contributed by atoms with van der Waals surface area (Å²) in [5.41, 5.74) is 30.7. The highest BCUT2D eigenvalue weighted by molar-refractivity contribution is 5.77. The lowest BCUT2D eigenvalue weighted by molar-refractivity contribution is -0.134. The molecule has 0 bridgehead atoms. The van der Waals surface area contributed by atoms with E-state index in [9.17, 15) is 19.2 Å². The molecule has 0 aliphatic carbocycles. The molecule has 4 aromatic carbocycles. The molecule has 4 heterocycles. The standard InChI is InChI=1S/C19H32N4O.C19H30N2O.C18H28N2O.C17H27N3O/c1-22(2)15-12-21-18(24)23-13-10-19(16-20,11-14-23)9-8-17-6-4-3-5-7-17;1-16(2)14-18(22)21-12-10-19(15-20,11-13-21)9-8-17-6-4-3-5-7-17;1-2-6-17(21)20-13-11-18(15-19,12-14-20)10-9-16-7-4-3-5-8-16;1-2-19-16(21)20-12-10-17(14-18,11-13-20)9-8-15-6-4-3-5-7-15/h3-7H,8-16,20H2,1-2H3,(H,21,24);3-7,16H,8-15,20H2,1-2H3;3-5,7-8H,2,6,9-15,19H2,1H3;3-7H,2,8-14,18H2,1H3,(H,19,21). The number of nitrogens with one attached hydrogen (secondary N) is 2. The normalized spacial score (nSPS) is 17.5. The Morgan fingerprint density at radius 3 is 0.989 bits per heavy atom. The van der Waals surface area contributed by atoms with Gasteiger partial charge >= 0.3 is 12.1 Å². The Bertz CT molecular complexity index is 2450. The van der Waals surface area contributed by atoms with E-state index < -0.39 is 0 Å². The average Bonchev–Trinajstić information content (AvgIpc) is 3.62. The number of urea groups is 2. The molecular formula is C73H117N11O4. The van der Waals surface area contributed by atoms with Gasteiger partial charge in [0.05, 0.1) is 0 Å². The number of likely N-dealkylation sites (tertiary alicyclic amines) is 4. The minimum absolute atomic E-state index is 0.0607. The molecule has 88 heavy (non-hydrogen) atoms. The zero-order valence-corrected chi connectivity index (χ0v) is 55.3. The van der Waals surface area contributed by atoms with Crippen LogP contribution < -0.4 is 33.6 Å². The fraction of sp³-hybridized carbons (Fsp3) is 0.616. The van der Waals surface area contributed by atoms with Crippen molar-refractivity contribution in [2.45, 2.75) is 150 Å². The van der Waals surface area contributed by atoms with Gasteiger partial charge in [0.2, 0.25) is 11.8 Å². The van der Waals surface area contributed by atoms with E-state index in [1.54, 1.807) is 0 Å². The van der Waals surface area contributed by atoms with Crippen molar-refractivity contribution in [1.29, 1.82) is 0 Å². The molecule has 15 nitrogen and oxygen atoms in total. The van der Waals surface area contributed by atoms with E-state index in [1.807, 2.05) is 46.7 Å². The van der Waals surface area contributed by atoms with Crippen LogP contribution in [-0.2, 0) is 35.3 Å². The molecule has 0 spiro atoms. The van der Waals surface area contributed by atoms with E-state index >= 15 is 0 Å². The van der Waals surface area contributed by atoms with Gasteiger partial charge in [-0.3, -0.25) is 9.59 Å². The second kappa shape index (κ2) is 38.6. The predicted molar refractivity (Wildman–Crippen MR) is 364 cm³/mol. The molecule has 4 fully saturated rings. The summed E-state index contributed by atoms with van der Waals surface area (Å²) in [6.07, 6.45) is 19.2. The number of carbonyl (C=O) groups excluding carboxylic acids is 4. The number of piperidine rings is 4. The zero-order chi connectivity index (χ0) is 63.7. The van der Waals surface area contributed by atoms with Crippen molar-refractivity contribution in [3.05, 3.63) is 144 Å². The van der Waals surface area contributed by atoms with Crippen molar-refractivity contribution in [3.8, 4) is 0 Å². The number of carbonyl (C=O) groups is 4. The Labute approximate surface area is 531 Å². The number of hydrogen-bond acceptors (Lipinski definition) is 9. The lowest BCUT2D eigenvalue weighted by Gasteiger charge is -2.41. The van der Waals surface area contributed by atoms with Crippen LogP contribution in [0.4, 0.5) is 9.59 Å². The average molecular weight is 1210 g/mol. The number of likely N-dealkylation sites (N-methyl/N-ethyl adjacent to an activating group) is 1. The van der Waals surface area contributed by atoms with Crippen LogP contribution >= 0.6 is 0 Å². The van der Waals surface area contributed by atoms with Crippen LogP contribution in [0.2, 0.25) is 0 Å².